The van der Waals surface area contributed by atoms with E-state index in [-0.39, 0.29) is 11.8 Å². The van der Waals surface area contributed by atoms with E-state index in [1.54, 1.807) is 5.56 Å². The molecule has 26 heavy (non-hydrogen) atoms. The van der Waals surface area contributed by atoms with E-state index in [4.69, 9.17) is 0 Å². The van der Waals surface area contributed by atoms with Crippen LogP contribution in [0.4, 0.5) is 5.69 Å². The van der Waals surface area contributed by atoms with E-state index in [9.17, 15) is 9.59 Å². The summed E-state index contributed by atoms with van der Waals surface area (Å²) < 4.78 is 0. The van der Waals surface area contributed by atoms with E-state index in [2.05, 4.69) is 40.8 Å². The van der Waals surface area contributed by atoms with Crippen molar-refractivity contribution in [1.82, 2.24) is 15.1 Å². The average molecular weight is 354 g/mol. The summed E-state index contributed by atoms with van der Waals surface area (Å²) in [5, 5.41) is 5.98. The molecule has 3 aliphatic heterocycles. The third kappa shape index (κ3) is 2.63. The van der Waals surface area contributed by atoms with Crippen molar-refractivity contribution in [2.75, 3.05) is 45.1 Å². The fraction of sp³-hybridized carbons (Fsp3) is 0.600. The van der Waals surface area contributed by atoms with Gasteiger partial charge in [-0.2, -0.15) is 0 Å². The first-order valence-electron chi connectivity index (χ1n) is 9.70. The van der Waals surface area contributed by atoms with Crippen molar-refractivity contribution in [1.29, 1.82) is 0 Å². The van der Waals surface area contributed by atoms with E-state index < -0.39 is 0 Å². The predicted octanol–water partition coefficient (Wildman–Crippen LogP) is 0.962. The molecule has 1 aliphatic carbocycles. The number of hydrogen-bond acceptors (Lipinski definition) is 5. The van der Waals surface area contributed by atoms with E-state index in [0.717, 1.165) is 26.1 Å². The molecule has 4 atom stereocenters. The minimum Gasteiger partial charge on any atom is -0.384 e. The number of amides is 2. The van der Waals surface area contributed by atoms with E-state index in [0.29, 0.717) is 36.9 Å². The van der Waals surface area contributed by atoms with Crippen molar-refractivity contribution < 1.29 is 9.59 Å². The van der Waals surface area contributed by atoms with Crippen molar-refractivity contribution in [3.05, 3.63) is 29.3 Å². The summed E-state index contributed by atoms with van der Waals surface area (Å²) in [6.45, 7) is 3.61. The first kappa shape index (κ1) is 16.3. The number of carbonyl (C=O) groups excluding carboxylic acids is 2. The summed E-state index contributed by atoms with van der Waals surface area (Å²) >= 11 is 0. The Kier molecular flexibility index (Phi) is 3.79. The highest BCUT2D eigenvalue weighted by atomic mass is 16.2. The lowest BCUT2D eigenvalue weighted by Gasteiger charge is -2.48. The Bertz CT molecular complexity index is 748. The first-order valence-corrected chi connectivity index (χ1v) is 9.70. The Hall–Kier alpha value is -1.92. The van der Waals surface area contributed by atoms with Gasteiger partial charge in [0.1, 0.15) is 0 Å². The molecule has 6 nitrogen and oxygen atoms in total. The zero-order valence-electron chi connectivity index (χ0n) is 15.2. The zero-order chi connectivity index (χ0) is 17.8. The summed E-state index contributed by atoms with van der Waals surface area (Å²) in [4.78, 5) is 27.9. The molecular weight excluding hydrogens is 328 g/mol. The second kappa shape index (κ2) is 6.06. The Balaban J connectivity index is 1.38. The van der Waals surface area contributed by atoms with Gasteiger partial charge < -0.3 is 10.2 Å². The third-order valence-corrected chi connectivity index (χ3v) is 6.71. The number of carbonyl (C=O) groups is 2. The van der Waals surface area contributed by atoms with Gasteiger partial charge in [-0.1, -0.05) is 12.1 Å². The van der Waals surface area contributed by atoms with Crippen LogP contribution in [0.15, 0.2) is 18.2 Å². The number of nitrogens with zero attached hydrogens (tertiary/aromatic N) is 2. The van der Waals surface area contributed by atoms with Crippen molar-refractivity contribution in [3.8, 4) is 0 Å². The van der Waals surface area contributed by atoms with Crippen LogP contribution in [0.5, 0.6) is 0 Å². The summed E-state index contributed by atoms with van der Waals surface area (Å²) in [7, 11) is 2.25. The zero-order valence-corrected chi connectivity index (χ0v) is 15.2. The van der Waals surface area contributed by atoms with Crippen molar-refractivity contribution in [3.63, 3.8) is 0 Å². The molecule has 2 fully saturated rings. The minimum absolute atomic E-state index is 0.171. The maximum Gasteiger partial charge on any atom is 0.240 e. The summed E-state index contributed by atoms with van der Waals surface area (Å²) in [5.74, 6) is 1.34. The van der Waals surface area contributed by atoms with Crippen LogP contribution in [0.2, 0.25) is 0 Å². The van der Waals surface area contributed by atoms with Gasteiger partial charge >= 0.3 is 0 Å². The molecule has 0 saturated carbocycles. The molecule has 0 radical (unpaired) electrons. The molecule has 2 amide bonds. The summed E-state index contributed by atoms with van der Waals surface area (Å²) in [6.07, 6.45) is 2.37. The quantitative estimate of drug-likeness (QED) is 0.775. The molecule has 4 aliphatic rings. The monoisotopic (exact) mass is 354 g/mol. The Morgan fingerprint density at radius 1 is 1.15 bits per heavy atom. The molecular formula is C20H26N4O2. The van der Waals surface area contributed by atoms with Crippen LogP contribution in [0.1, 0.15) is 35.8 Å². The van der Waals surface area contributed by atoms with E-state index in [1.165, 1.54) is 17.7 Å². The topological polar surface area (TPSA) is 64.7 Å². The summed E-state index contributed by atoms with van der Waals surface area (Å²) in [5.41, 5.74) is 4.40. The minimum atomic E-state index is -0.171. The van der Waals surface area contributed by atoms with Gasteiger partial charge in [-0.3, -0.25) is 19.8 Å². The molecule has 6 heteroatoms. The Labute approximate surface area is 153 Å². The van der Waals surface area contributed by atoms with Gasteiger partial charge in [0.05, 0.1) is 13.1 Å². The molecule has 0 spiro atoms. The summed E-state index contributed by atoms with van der Waals surface area (Å²) in [6, 6.07) is 7.32. The van der Waals surface area contributed by atoms with Crippen molar-refractivity contribution in [2.45, 2.75) is 30.7 Å². The number of benzene rings is 1. The van der Waals surface area contributed by atoms with Gasteiger partial charge in [0.2, 0.25) is 11.8 Å². The van der Waals surface area contributed by atoms with E-state index >= 15 is 0 Å². The Morgan fingerprint density at radius 3 is 2.77 bits per heavy atom. The molecule has 0 aromatic heterocycles. The SMILES string of the molecule is CN1CC(CN2CC(=O)NC(=O)C2)CC2c3cccc4c3C(CN4)CC21. The highest BCUT2D eigenvalue weighted by molar-refractivity contribution is 5.99. The lowest BCUT2D eigenvalue weighted by Crippen LogP contribution is -2.55. The molecule has 138 valence electrons. The molecule has 2 saturated heterocycles. The second-order valence-electron chi connectivity index (χ2n) is 8.48. The van der Waals surface area contributed by atoms with Crippen LogP contribution in [0.3, 0.4) is 0 Å². The number of likely N-dealkylation sites (N-methyl/N-ethyl adjacent to an activating group) is 1. The number of imide groups is 1. The van der Waals surface area contributed by atoms with Crippen LogP contribution in [-0.2, 0) is 9.59 Å². The smallest absolute Gasteiger partial charge is 0.240 e. The Morgan fingerprint density at radius 2 is 1.96 bits per heavy atom. The lowest BCUT2D eigenvalue weighted by molar-refractivity contribution is -0.136. The average Bonchev–Trinajstić information content (AvgIpc) is 3.00. The molecule has 0 bridgehead atoms. The first-order chi connectivity index (χ1) is 12.6. The maximum absolute atomic E-state index is 11.7. The largest absolute Gasteiger partial charge is 0.384 e. The van der Waals surface area contributed by atoms with Gasteiger partial charge in [-0.15, -0.1) is 0 Å². The molecule has 4 unspecified atom stereocenters. The fourth-order valence-corrected chi connectivity index (χ4v) is 5.79. The predicted molar refractivity (Wildman–Crippen MR) is 99.1 cm³/mol. The molecule has 1 aromatic carbocycles. The van der Waals surface area contributed by atoms with Gasteiger partial charge in [-0.25, -0.2) is 0 Å². The molecule has 3 heterocycles. The van der Waals surface area contributed by atoms with Gasteiger partial charge in [0.25, 0.3) is 0 Å². The normalized spacial score (nSPS) is 34.0. The van der Waals surface area contributed by atoms with Gasteiger partial charge in [0.15, 0.2) is 0 Å². The van der Waals surface area contributed by atoms with Crippen LogP contribution in [-0.4, -0.2) is 67.4 Å². The number of nitrogens with one attached hydrogen (secondary N) is 2. The van der Waals surface area contributed by atoms with Crippen LogP contribution < -0.4 is 10.6 Å². The molecule has 2 N–H and O–H groups in total. The number of piperazine rings is 1. The van der Waals surface area contributed by atoms with Gasteiger partial charge in [0, 0.05) is 43.2 Å². The van der Waals surface area contributed by atoms with Crippen molar-refractivity contribution in [2.24, 2.45) is 5.92 Å². The third-order valence-electron chi connectivity index (χ3n) is 6.71. The van der Waals surface area contributed by atoms with Crippen LogP contribution in [0, 0.1) is 5.92 Å². The highest BCUT2D eigenvalue weighted by Crippen LogP contribution is 2.50. The van der Waals surface area contributed by atoms with Crippen LogP contribution in [0.25, 0.3) is 0 Å². The van der Waals surface area contributed by atoms with Crippen molar-refractivity contribution >= 4 is 17.5 Å². The number of likely N-dealkylation sites (tertiary alicyclic amines) is 1. The standard InChI is InChI=1S/C20H26N4O2/c1-23-8-12(9-24-10-18(25)22-19(26)11-24)5-15-14-3-2-4-16-20(14)13(7-21-16)6-17(15)23/h2-4,12-13,15,17,21H,5-11H2,1H3,(H,22,25,26). The van der Waals surface area contributed by atoms with Gasteiger partial charge in [-0.05, 0) is 43.0 Å². The number of fused-ring (bicyclic) bond motifs is 2. The van der Waals surface area contributed by atoms with Crippen LogP contribution >= 0.6 is 0 Å². The second-order valence-corrected chi connectivity index (χ2v) is 8.48. The maximum atomic E-state index is 11.7. The van der Waals surface area contributed by atoms with E-state index in [1.807, 2.05) is 4.90 Å². The number of anilines is 1. The lowest BCUT2D eigenvalue weighted by atomic mass is 9.68. The number of rotatable bonds is 2. The molecule has 1 aromatic rings. The number of piperidine rings is 1. The number of hydrogen-bond donors (Lipinski definition) is 2. The fourth-order valence-electron chi connectivity index (χ4n) is 5.79. The molecule has 5 rings (SSSR count). The highest BCUT2D eigenvalue weighted by Gasteiger charge is 2.44.